The number of alkyl halides is 3. The van der Waals surface area contributed by atoms with Crippen LogP contribution < -0.4 is 26.8 Å². The van der Waals surface area contributed by atoms with Crippen molar-refractivity contribution in [3.05, 3.63) is 86.5 Å². The van der Waals surface area contributed by atoms with Crippen LogP contribution in [0.1, 0.15) is 33.5 Å². The van der Waals surface area contributed by atoms with Crippen LogP contribution in [-0.2, 0) is 24.3 Å². The van der Waals surface area contributed by atoms with E-state index in [9.17, 15) is 22.8 Å². The molecule has 0 radical (unpaired) electrons. The highest BCUT2D eigenvalue weighted by atomic mass is 19.4. The maximum absolute atomic E-state index is 12.9. The maximum Gasteiger partial charge on any atom is 0.573 e. The predicted octanol–water partition coefficient (Wildman–Crippen LogP) is 3.25. The zero-order valence-electron chi connectivity index (χ0n) is 19.5. The van der Waals surface area contributed by atoms with Gasteiger partial charge in [-0.25, -0.2) is 9.66 Å². The first-order chi connectivity index (χ1) is 16.4. The quantitative estimate of drug-likeness (QED) is 0.448. The van der Waals surface area contributed by atoms with E-state index in [2.05, 4.69) is 20.5 Å². The normalized spacial score (nSPS) is 11.3. The largest absolute Gasteiger partial charge is 0.573 e. The average molecular weight is 489 g/mol. The highest BCUT2D eigenvalue weighted by Crippen LogP contribution is 2.23. The lowest BCUT2D eigenvalue weighted by molar-refractivity contribution is -0.274. The standard InChI is InChI=1S/C24H26F3N5O3/c1-14-7-8-32(30-12-17-5-4-6-18(10-17)35-24(25,26)27)23(34)19(14)11-22(33)29-13-20-15(2)9-21(28)31-16(20)3/h4-10,30H,11-13H2,1-3H3,(H2,28,31)(H,29,33). The fourth-order valence-corrected chi connectivity index (χ4v) is 3.60. The van der Waals surface area contributed by atoms with Gasteiger partial charge in [0, 0.05) is 24.0 Å². The SMILES string of the molecule is Cc1cc(N)nc(C)c1CNC(=O)Cc1c(C)ccn(NCc2cccc(OC(F)(F)F)c2)c1=O. The van der Waals surface area contributed by atoms with Crippen LogP contribution in [0.4, 0.5) is 19.0 Å². The summed E-state index contributed by atoms with van der Waals surface area (Å²) in [5.41, 5.74) is 12.1. The topological polar surface area (TPSA) is 111 Å². The molecule has 8 nitrogen and oxygen atoms in total. The van der Waals surface area contributed by atoms with Gasteiger partial charge in [0.05, 0.1) is 13.0 Å². The first-order valence-electron chi connectivity index (χ1n) is 10.7. The van der Waals surface area contributed by atoms with Gasteiger partial charge in [0.25, 0.3) is 5.56 Å². The fourth-order valence-electron chi connectivity index (χ4n) is 3.60. The number of hydrogen-bond donors (Lipinski definition) is 3. The van der Waals surface area contributed by atoms with Crippen molar-refractivity contribution in [2.45, 2.75) is 46.6 Å². The lowest BCUT2D eigenvalue weighted by atomic mass is 10.1. The van der Waals surface area contributed by atoms with Crippen molar-refractivity contribution in [3.8, 4) is 5.75 Å². The molecule has 4 N–H and O–H groups in total. The third-order valence-corrected chi connectivity index (χ3v) is 5.39. The number of pyridine rings is 2. The van der Waals surface area contributed by atoms with Gasteiger partial charge >= 0.3 is 6.36 Å². The van der Waals surface area contributed by atoms with Crippen LogP contribution in [0.5, 0.6) is 5.75 Å². The Bertz CT molecular complexity index is 1270. The Morgan fingerprint density at radius 1 is 1.09 bits per heavy atom. The Kier molecular flexibility index (Phi) is 7.68. The van der Waals surface area contributed by atoms with Crippen LogP contribution >= 0.6 is 0 Å². The van der Waals surface area contributed by atoms with Crippen LogP contribution in [0.25, 0.3) is 0 Å². The fraction of sp³-hybridized carbons (Fsp3) is 0.292. The summed E-state index contributed by atoms with van der Waals surface area (Å²) in [7, 11) is 0. The number of ether oxygens (including phenoxy) is 1. The number of nitrogens with one attached hydrogen (secondary N) is 2. The smallest absolute Gasteiger partial charge is 0.406 e. The Morgan fingerprint density at radius 2 is 1.83 bits per heavy atom. The molecule has 1 amide bonds. The van der Waals surface area contributed by atoms with Gasteiger partial charge in [-0.05, 0) is 67.3 Å². The number of nitrogen functional groups attached to an aromatic ring is 1. The van der Waals surface area contributed by atoms with Crippen molar-refractivity contribution >= 4 is 11.7 Å². The third-order valence-electron chi connectivity index (χ3n) is 5.39. The molecule has 11 heteroatoms. The summed E-state index contributed by atoms with van der Waals surface area (Å²) in [5.74, 6) is -0.287. The Labute approximate surface area is 199 Å². The molecule has 35 heavy (non-hydrogen) atoms. The second-order valence-corrected chi connectivity index (χ2v) is 8.06. The minimum absolute atomic E-state index is 0.0619. The van der Waals surface area contributed by atoms with E-state index in [1.807, 2.05) is 13.8 Å². The van der Waals surface area contributed by atoms with Crippen molar-refractivity contribution in [2.24, 2.45) is 0 Å². The first kappa shape index (κ1) is 25.6. The first-order valence-corrected chi connectivity index (χ1v) is 10.7. The monoisotopic (exact) mass is 489 g/mol. The molecule has 3 aromatic rings. The Hall–Kier alpha value is -4.02. The number of nitrogens with two attached hydrogens (primary N) is 1. The van der Waals surface area contributed by atoms with Crippen LogP contribution in [0.15, 0.2) is 47.4 Å². The molecule has 0 spiro atoms. The highest BCUT2D eigenvalue weighted by molar-refractivity contribution is 5.78. The van der Waals surface area contributed by atoms with Crippen molar-refractivity contribution in [3.63, 3.8) is 0 Å². The molecule has 2 aromatic heterocycles. The summed E-state index contributed by atoms with van der Waals surface area (Å²) in [5, 5.41) is 2.81. The van der Waals surface area contributed by atoms with Crippen molar-refractivity contribution < 1.29 is 22.7 Å². The average Bonchev–Trinajstić information content (AvgIpc) is 2.74. The molecule has 0 saturated heterocycles. The molecular formula is C24H26F3N5O3. The molecule has 0 bridgehead atoms. The van der Waals surface area contributed by atoms with E-state index in [1.165, 1.54) is 29.1 Å². The molecule has 3 rings (SSSR count). The van der Waals surface area contributed by atoms with Crippen molar-refractivity contribution in [1.82, 2.24) is 15.0 Å². The molecular weight excluding hydrogens is 463 g/mol. The van der Waals surface area contributed by atoms with Gasteiger partial charge in [-0.3, -0.25) is 9.59 Å². The summed E-state index contributed by atoms with van der Waals surface area (Å²) in [6.07, 6.45) is -3.43. The molecule has 0 aliphatic rings. The number of hydrogen-bond acceptors (Lipinski definition) is 6. The summed E-state index contributed by atoms with van der Waals surface area (Å²) >= 11 is 0. The number of nitrogens with zero attached hydrogens (tertiary/aromatic N) is 2. The number of carbonyl (C=O) groups is 1. The molecule has 186 valence electrons. The lowest BCUT2D eigenvalue weighted by Gasteiger charge is -2.15. The molecule has 0 saturated carbocycles. The van der Waals surface area contributed by atoms with Gasteiger partial charge < -0.3 is 21.2 Å². The van der Waals surface area contributed by atoms with Gasteiger partial charge in [0.1, 0.15) is 11.6 Å². The van der Waals surface area contributed by atoms with Crippen LogP contribution in [0, 0.1) is 20.8 Å². The van der Waals surface area contributed by atoms with Crippen LogP contribution in [0.2, 0.25) is 0 Å². The van der Waals surface area contributed by atoms with Gasteiger partial charge in [0.2, 0.25) is 5.91 Å². The lowest BCUT2D eigenvalue weighted by Crippen LogP contribution is -2.34. The summed E-state index contributed by atoms with van der Waals surface area (Å²) in [6, 6.07) is 8.84. The number of halogens is 3. The molecule has 1 aromatic carbocycles. The highest BCUT2D eigenvalue weighted by Gasteiger charge is 2.31. The number of aromatic nitrogens is 2. The van der Waals surface area contributed by atoms with E-state index in [0.29, 0.717) is 22.5 Å². The predicted molar refractivity (Wildman–Crippen MR) is 125 cm³/mol. The Balaban J connectivity index is 1.67. The van der Waals surface area contributed by atoms with Crippen LogP contribution in [0.3, 0.4) is 0 Å². The number of carbonyl (C=O) groups excluding carboxylic acids is 1. The summed E-state index contributed by atoms with van der Waals surface area (Å²) in [6.45, 7) is 5.72. The number of anilines is 1. The van der Waals surface area contributed by atoms with E-state index < -0.39 is 11.9 Å². The van der Waals surface area contributed by atoms with Gasteiger partial charge in [-0.15, -0.1) is 13.2 Å². The van der Waals surface area contributed by atoms with Crippen molar-refractivity contribution in [2.75, 3.05) is 11.2 Å². The zero-order chi connectivity index (χ0) is 25.8. The zero-order valence-corrected chi connectivity index (χ0v) is 19.5. The molecule has 0 atom stereocenters. The molecule has 0 aliphatic heterocycles. The Morgan fingerprint density at radius 3 is 2.51 bits per heavy atom. The molecule has 2 heterocycles. The second kappa shape index (κ2) is 10.5. The number of benzene rings is 1. The number of aryl methyl sites for hydroxylation is 3. The van der Waals surface area contributed by atoms with E-state index in [4.69, 9.17) is 5.73 Å². The second-order valence-electron chi connectivity index (χ2n) is 8.06. The van der Waals surface area contributed by atoms with E-state index in [-0.39, 0.29) is 31.2 Å². The molecule has 0 aliphatic carbocycles. The van der Waals surface area contributed by atoms with Crippen LogP contribution in [-0.4, -0.2) is 21.9 Å². The van der Waals surface area contributed by atoms with Gasteiger partial charge in [-0.1, -0.05) is 12.1 Å². The van der Waals surface area contributed by atoms with Gasteiger partial charge in [-0.2, -0.15) is 0 Å². The summed E-state index contributed by atoms with van der Waals surface area (Å²) in [4.78, 5) is 29.7. The molecule has 0 unspecified atom stereocenters. The molecule has 0 fully saturated rings. The number of amides is 1. The van der Waals surface area contributed by atoms with E-state index in [0.717, 1.165) is 16.8 Å². The third kappa shape index (κ3) is 6.98. The van der Waals surface area contributed by atoms with Gasteiger partial charge in [0.15, 0.2) is 0 Å². The number of rotatable bonds is 8. The minimum Gasteiger partial charge on any atom is -0.406 e. The summed E-state index contributed by atoms with van der Waals surface area (Å²) < 4.78 is 42.5. The maximum atomic E-state index is 12.9. The van der Waals surface area contributed by atoms with E-state index >= 15 is 0 Å². The van der Waals surface area contributed by atoms with Crippen molar-refractivity contribution in [1.29, 1.82) is 0 Å². The minimum atomic E-state index is -4.79. The van der Waals surface area contributed by atoms with E-state index in [1.54, 1.807) is 25.1 Å².